The Hall–Kier alpha value is -2.08. The zero-order valence-electron chi connectivity index (χ0n) is 12.2. The lowest BCUT2D eigenvalue weighted by Crippen LogP contribution is -2.49. The Labute approximate surface area is 123 Å². The van der Waals surface area contributed by atoms with E-state index in [-0.39, 0.29) is 23.7 Å². The molecule has 1 fully saturated rings. The molecule has 0 aromatic heterocycles. The van der Waals surface area contributed by atoms with Crippen LogP contribution in [0.2, 0.25) is 0 Å². The van der Waals surface area contributed by atoms with Gasteiger partial charge in [-0.2, -0.15) is 0 Å². The van der Waals surface area contributed by atoms with Crippen LogP contribution >= 0.6 is 0 Å². The molecule has 114 valence electrons. The highest BCUT2D eigenvalue weighted by Gasteiger charge is 2.30. The summed E-state index contributed by atoms with van der Waals surface area (Å²) in [6.07, 6.45) is 1.86. The van der Waals surface area contributed by atoms with Crippen LogP contribution < -0.4 is 10.6 Å². The van der Waals surface area contributed by atoms with Gasteiger partial charge in [0.25, 0.3) is 0 Å². The summed E-state index contributed by atoms with van der Waals surface area (Å²) in [7, 11) is 0. The molecule has 2 rings (SSSR count). The van der Waals surface area contributed by atoms with Crippen LogP contribution in [0, 0.1) is 6.92 Å². The van der Waals surface area contributed by atoms with Gasteiger partial charge in [-0.05, 0) is 44.4 Å². The van der Waals surface area contributed by atoms with Crippen molar-refractivity contribution in [3.05, 3.63) is 29.3 Å². The fourth-order valence-corrected chi connectivity index (χ4v) is 2.29. The lowest BCUT2D eigenvalue weighted by molar-refractivity contribution is -0.00673. The average molecular weight is 292 g/mol. The molecule has 1 saturated carbocycles. The van der Waals surface area contributed by atoms with Gasteiger partial charge >= 0.3 is 12.0 Å². The van der Waals surface area contributed by atoms with Gasteiger partial charge in [0.2, 0.25) is 0 Å². The summed E-state index contributed by atoms with van der Waals surface area (Å²) in [4.78, 5) is 22.8. The number of benzene rings is 1. The minimum atomic E-state index is -1.02. The molecular formula is C15H20N2O4. The predicted octanol–water partition coefficient (Wildman–Crippen LogP) is 2.38. The van der Waals surface area contributed by atoms with Crippen LogP contribution in [0.1, 0.15) is 35.7 Å². The van der Waals surface area contributed by atoms with E-state index in [4.69, 9.17) is 9.84 Å². The van der Waals surface area contributed by atoms with E-state index in [9.17, 15) is 9.59 Å². The molecule has 0 spiro atoms. The van der Waals surface area contributed by atoms with Crippen molar-refractivity contribution in [1.29, 1.82) is 0 Å². The van der Waals surface area contributed by atoms with Gasteiger partial charge in [-0.15, -0.1) is 0 Å². The van der Waals surface area contributed by atoms with Crippen molar-refractivity contribution in [2.75, 3.05) is 11.9 Å². The molecule has 1 aliphatic carbocycles. The number of rotatable bonds is 5. The van der Waals surface area contributed by atoms with Gasteiger partial charge in [-0.25, -0.2) is 9.59 Å². The molecule has 21 heavy (non-hydrogen) atoms. The van der Waals surface area contributed by atoms with E-state index >= 15 is 0 Å². The van der Waals surface area contributed by atoms with Gasteiger partial charge in [-0.3, -0.25) is 0 Å². The monoisotopic (exact) mass is 292 g/mol. The van der Waals surface area contributed by atoms with Crippen LogP contribution in [0.25, 0.3) is 0 Å². The lowest BCUT2D eigenvalue weighted by atomic mass is 9.89. The van der Waals surface area contributed by atoms with Crippen LogP contribution in [0.4, 0.5) is 10.5 Å². The third kappa shape index (κ3) is 3.95. The number of hydrogen-bond acceptors (Lipinski definition) is 3. The minimum Gasteiger partial charge on any atom is -0.478 e. The van der Waals surface area contributed by atoms with Gasteiger partial charge < -0.3 is 20.5 Å². The fraction of sp³-hybridized carbons (Fsp3) is 0.467. The van der Waals surface area contributed by atoms with E-state index in [1.54, 1.807) is 6.07 Å². The molecule has 0 heterocycles. The third-order valence-electron chi connectivity index (χ3n) is 3.57. The van der Waals surface area contributed by atoms with E-state index in [0.717, 1.165) is 18.4 Å². The summed E-state index contributed by atoms with van der Waals surface area (Å²) in [5, 5.41) is 14.5. The highest BCUT2D eigenvalue weighted by atomic mass is 16.5. The average Bonchev–Trinajstić information content (AvgIpc) is 2.38. The van der Waals surface area contributed by atoms with E-state index < -0.39 is 5.97 Å². The lowest BCUT2D eigenvalue weighted by Gasteiger charge is -2.35. The smallest absolute Gasteiger partial charge is 0.335 e. The molecule has 3 N–H and O–H groups in total. The summed E-state index contributed by atoms with van der Waals surface area (Å²) >= 11 is 0. The predicted molar refractivity (Wildman–Crippen MR) is 78.7 cm³/mol. The van der Waals surface area contributed by atoms with Crippen molar-refractivity contribution >= 4 is 17.7 Å². The molecule has 1 aromatic carbocycles. The van der Waals surface area contributed by atoms with Crippen molar-refractivity contribution in [2.45, 2.75) is 38.8 Å². The second-order valence-electron chi connectivity index (χ2n) is 5.18. The Balaban J connectivity index is 1.88. The molecule has 6 heteroatoms. The molecule has 1 aliphatic rings. The first-order chi connectivity index (χ1) is 9.99. The van der Waals surface area contributed by atoms with Crippen molar-refractivity contribution < 1.29 is 19.4 Å². The van der Waals surface area contributed by atoms with Gasteiger partial charge in [0.05, 0.1) is 11.7 Å². The Kier molecular flexibility index (Phi) is 4.80. The van der Waals surface area contributed by atoms with Crippen molar-refractivity contribution in [1.82, 2.24) is 5.32 Å². The maximum Gasteiger partial charge on any atom is 0.335 e. The topological polar surface area (TPSA) is 87.7 Å². The van der Waals surface area contributed by atoms with E-state index in [0.29, 0.717) is 12.3 Å². The second-order valence-corrected chi connectivity index (χ2v) is 5.18. The van der Waals surface area contributed by atoms with E-state index in [1.165, 1.54) is 12.1 Å². The number of carbonyl (C=O) groups is 2. The molecule has 0 bridgehead atoms. The number of aromatic carboxylic acids is 1. The number of carboxylic acids is 1. The molecule has 0 unspecified atom stereocenters. The molecule has 0 aliphatic heterocycles. The Morgan fingerprint density at radius 3 is 2.71 bits per heavy atom. The van der Waals surface area contributed by atoms with E-state index in [1.807, 2.05) is 13.8 Å². The molecular weight excluding hydrogens is 272 g/mol. The standard InChI is InChI=1S/C15H20N2O4/c1-3-21-12-7-11(8-12)16-15(20)17-13-6-10(14(18)19)5-4-9(13)2/h4-6,11-12H,3,7-8H2,1-2H3,(H,18,19)(H2,16,17,20). The number of anilines is 1. The second kappa shape index (κ2) is 6.58. The highest BCUT2D eigenvalue weighted by Crippen LogP contribution is 2.23. The Morgan fingerprint density at radius 2 is 2.10 bits per heavy atom. The summed E-state index contributed by atoms with van der Waals surface area (Å²) in [5.74, 6) is -1.02. The third-order valence-corrected chi connectivity index (χ3v) is 3.57. The van der Waals surface area contributed by atoms with Crippen molar-refractivity contribution in [3.63, 3.8) is 0 Å². The number of amides is 2. The zero-order valence-corrected chi connectivity index (χ0v) is 12.2. The molecule has 2 amide bonds. The van der Waals surface area contributed by atoms with Crippen LogP contribution in [-0.2, 0) is 4.74 Å². The molecule has 0 radical (unpaired) electrons. The molecule has 0 atom stereocenters. The number of nitrogens with one attached hydrogen (secondary N) is 2. The first-order valence-electron chi connectivity index (χ1n) is 7.02. The molecule has 6 nitrogen and oxygen atoms in total. The fourth-order valence-electron chi connectivity index (χ4n) is 2.29. The molecule has 0 saturated heterocycles. The Morgan fingerprint density at radius 1 is 1.38 bits per heavy atom. The highest BCUT2D eigenvalue weighted by molar-refractivity contribution is 5.94. The van der Waals surface area contributed by atoms with Gasteiger partial charge in [0.15, 0.2) is 0 Å². The Bertz CT molecular complexity index is 538. The number of urea groups is 1. The maximum absolute atomic E-state index is 11.9. The van der Waals surface area contributed by atoms with Gasteiger partial charge in [0.1, 0.15) is 0 Å². The first-order valence-corrected chi connectivity index (χ1v) is 7.02. The minimum absolute atomic E-state index is 0.115. The quantitative estimate of drug-likeness (QED) is 0.777. The first kappa shape index (κ1) is 15.3. The van der Waals surface area contributed by atoms with Crippen LogP contribution in [0.5, 0.6) is 0 Å². The number of carbonyl (C=O) groups excluding carboxylic acids is 1. The summed E-state index contributed by atoms with van der Waals surface area (Å²) in [6.45, 7) is 4.45. The van der Waals surface area contributed by atoms with Crippen LogP contribution in [0.15, 0.2) is 18.2 Å². The number of carboxylic acid groups (broad SMARTS) is 1. The largest absolute Gasteiger partial charge is 0.478 e. The zero-order chi connectivity index (χ0) is 15.4. The maximum atomic E-state index is 11.9. The van der Waals surface area contributed by atoms with Crippen LogP contribution in [0.3, 0.4) is 0 Å². The summed E-state index contributed by atoms with van der Waals surface area (Å²) in [5.41, 5.74) is 1.47. The summed E-state index contributed by atoms with van der Waals surface area (Å²) < 4.78 is 5.43. The van der Waals surface area contributed by atoms with Crippen LogP contribution in [-0.4, -0.2) is 35.9 Å². The molecule has 1 aromatic rings. The normalized spacial score (nSPS) is 20.5. The number of ether oxygens (including phenoxy) is 1. The van der Waals surface area contributed by atoms with Gasteiger partial charge in [-0.1, -0.05) is 6.07 Å². The summed E-state index contributed by atoms with van der Waals surface area (Å²) in [6, 6.07) is 4.44. The van der Waals surface area contributed by atoms with Crippen molar-refractivity contribution in [2.24, 2.45) is 0 Å². The SMILES string of the molecule is CCOC1CC(NC(=O)Nc2cc(C(=O)O)ccc2C)C1. The van der Waals surface area contributed by atoms with Crippen molar-refractivity contribution in [3.8, 4) is 0 Å². The van der Waals surface area contributed by atoms with E-state index in [2.05, 4.69) is 10.6 Å². The van der Waals surface area contributed by atoms with Gasteiger partial charge in [0, 0.05) is 18.3 Å². The number of aryl methyl sites for hydroxylation is 1. The number of hydrogen-bond donors (Lipinski definition) is 3.